The number of urea groups is 1. The fourth-order valence-electron chi connectivity index (χ4n) is 1.70. The summed E-state index contributed by atoms with van der Waals surface area (Å²) in [6, 6.07) is 5.40. The van der Waals surface area contributed by atoms with Crippen LogP contribution in [0, 0.1) is 0 Å². The molecular weight excluding hydrogens is 286 g/mol. The van der Waals surface area contributed by atoms with Gasteiger partial charge in [0.2, 0.25) is 0 Å². The highest BCUT2D eigenvalue weighted by atomic mass is 16.5. The molecule has 0 spiro atoms. The van der Waals surface area contributed by atoms with Gasteiger partial charge in [-0.15, -0.1) is 6.58 Å². The van der Waals surface area contributed by atoms with Gasteiger partial charge < -0.3 is 20.6 Å². The predicted octanol–water partition coefficient (Wildman–Crippen LogP) is 2.12. The van der Waals surface area contributed by atoms with E-state index in [0.717, 1.165) is 5.56 Å². The normalized spacial score (nSPS) is 12.2. The second kappa shape index (κ2) is 8.46. The topological polar surface area (TPSA) is 100 Å². The van der Waals surface area contributed by atoms with Crippen molar-refractivity contribution in [1.82, 2.24) is 5.32 Å². The lowest BCUT2D eigenvalue weighted by Crippen LogP contribution is -2.43. The molecule has 1 aromatic carbocycles. The smallest absolute Gasteiger partial charge is 0.328 e. The van der Waals surface area contributed by atoms with Crippen molar-refractivity contribution >= 4 is 23.4 Å². The molecule has 3 N–H and O–H groups in total. The maximum atomic E-state index is 11.9. The number of rotatable bonds is 6. The summed E-state index contributed by atoms with van der Waals surface area (Å²) in [7, 11) is 1.25. The van der Waals surface area contributed by atoms with Crippen LogP contribution in [-0.4, -0.2) is 36.1 Å². The molecule has 0 saturated carbocycles. The second-order valence-corrected chi connectivity index (χ2v) is 4.46. The average Bonchev–Trinajstić information content (AvgIpc) is 2.53. The number of amides is 2. The molecule has 0 radical (unpaired) electrons. The number of hydrogen-bond donors (Lipinski definition) is 3. The molecule has 7 nitrogen and oxygen atoms in total. The van der Waals surface area contributed by atoms with Gasteiger partial charge in [-0.3, -0.25) is 0 Å². The first kappa shape index (κ1) is 17.2. The Morgan fingerprint density at radius 3 is 2.55 bits per heavy atom. The Hall–Kier alpha value is -2.83. The van der Waals surface area contributed by atoms with Crippen LogP contribution in [0.2, 0.25) is 0 Å². The zero-order chi connectivity index (χ0) is 16.5. The van der Waals surface area contributed by atoms with Gasteiger partial charge in [-0.25, -0.2) is 9.59 Å². The molecule has 1 rings (SSSR count). The van der Waals surface area contributed by atoms with E-state index in [2.05, 4.69) is 27.1 Å². The van der Waals surface area contributed by atoms with Gasteiger partial charge in [0, 0.05) is 5.69 Å². The van der Waals surface area contributed by atoms with E-state index in [1.807, 2.05) is 0 Å². The van der Waals surface area contributed by atoms with Crippen molar-refractivity contribution < 1.29 is 19.5 Å². The first-order valence-electron chi connectivity index (χ1n) is 6.57. The Kier molecular flexibility index (Phi) is 6.62. The monoisotopic (exact) mass is 305 g/mol. The van der Waals surface area contributed by atoms with Gasteiger partial charge in [0.05, 0.1) is 12.8 Å². The van der Waals surface area contributed by atoms with E-state index in [1.54, 1.807) is 31.2 Å². The fraction of sp³-hybridized carbons (Fsp3) is 0.267. The summed E-state index contributed by atoms with van der Waals surface area (Å²) >= 11 is 0. The molecule has 118 valence electrons. The summed E-state index contributed by atoms with van der Waals surface area (Å²) in [6.45, 7) is 5.19. The van der Waals surface area contributed by atoms with Crippen molar-refractivity contribution in [1.29, 1.82) is 0 Å². The number of oxime groups is 1. The molecular formula is C15H19N3O4. The molecule has 1 unspecified atom stereocenters. The third-order valence-corrected chi connectivity index (χ3v) is 2.90. The molecule has 7 heteroatoms. The molecule has 0 saturated heterocycles. The first-order valence-corrected chi connectivity index (χ1v) is 6.57. The highest BCUT2D eigenvalue weighted by Crippen LogP contribution is 2.10. The minimum absolute atomic E-state index is 0.269. The van der Waals surface area contributed by atoms with E-state index in [9.17, 15) is 9.59 Å². The number of hydrogen-bond acceptors (Lipinski definition) is 5. The third kappa shape index (κ3) is 4.93. The number of carbonyl (C=O) groups is 2. The first-order chi connectivity index (χ1) is 10.5. The van der Waals surface area contributed by atoms with Crippen LogP contribution in [0.15, 0.2) is 42.1 Å². The number of anilines is 1. The number of benzene rings is 1. The van der Waals surface area contributed by atoms with Crippen molar-refractivity contribution in [3.05, 3.63) is 42.5 Å². The SMILES string of the molecule is C=CCC(NC(=O)Nc1ccc(/C(C)=N/O)cc1)C(=O)OC. The zero-order valence-electron chi connectivity index (χ0n) is 12.5. The molecule has 0 aliphatic carbocycles. The van der Waals surface area contributed by atoms with Gasteiger partial charge in [-0.05, 0) is 31.0 Å². The summed E-state index contributed by atoms with van der Waals surface area (Å²) in [4.78, 5) is 23.4. The lowest BCUT2D eigenvalue weighted by atomic mass is 10.1. The zero-order valence-corrected chi connectivity index (χ0v) is 12.5. The number of esters is 1. The van der Waals surface area contributed by atoms with Crippen molar-refractivity contribution in [2.24, 2.45) is 5.16 Å². The number of nitrogens with one attached hydrogen (secondary N) is 2. The highest BCUT2D eigenvalue weighted by molar-refractivity contribution is 5.99. The van der Waals surface area contributed by atoms with Crippen molar-refractivity contribution in [3.8, 4) is 0 Å². The van der Waals surface area contributed by atoms with Crippen LogP contribution in [0.4, 0.5) is 10.5 Å². The predicted molar refractivity (Wildman–Crippen MR) is 83.2 cm³/mol. The second-order valence-electron chi connectivity index (χ2n) is 4.46. The van der Waals surface area contributed by atoms with Crippen LogP contribution in [0.5, 0.6) is 0 Å². The number of nitrogens with zero attached hydrogens (tertiary/aromatic N) is 1. The lowest BCUT2D eigenvalue weighted by molar-refractivity contribution is -0.142. The van der Waals surface area contributed by atoms with Crippen LogP contribution in [-0.2, 0) is 9.53 Å². The summed E-state index contributed by atoms with van der Waals surface area (Å²) in [6.07, 6.45) is 1.79. The van der Waals surface area contributed by atoms with Gasteiger partial charge >= 0.3 is 12.0 Å². The molecule has 0 aliphatic heterocycles. The Bertz CT molecular complexity index is 567. The molecule has 0 heterocycles. The van der Waals surface area contributed by atoms with Gasteiger partial charge in [0.15, 0.2) is 0 Å². The molecule has 1 aromatic rings. The van der Waals surface area contributed by atoms with Crippen LogP contribution >= 0.6 is 0 Å². The summed E-state index contributed by atoms with van der Waals surface area (Å²) in [5.41, 5.74) is 1.73. The number of carbonyl (C=O) groups excluding carboxylic acids is 2. The molecule has 2 amide bonds. The van der Waals surface area contributed by atoms with Crippen LogP contribution in [0.3, 0.4) is 0 Å². The maximum Gasteiger partial charge on any atom is 0.328 e. The minimum Gasteiger partial charge on any atom is -0.467 e. The van der Waals surface area contributed by atoms with Gasteiger partial charge in [-0.1, -0.05) is 23.4 Å². The third-order valence-electron chi connectivity index (χ3n) is 2.90. The largest absolute Gasteiger partial charge is 0.467 e. The molecule has 0 bridgehead atoms. The quantitative estimate of drug-likeness (QED) is 0.246. The van der Waals surface area contributed by atoms with E-state index in [0.29, 0.717) is 11.4 Å². The molecule has 0 fully saturated rings. The van der Waals surface area contributed by atoms with Crippen LogP contribution < -0.4 is 10.6 Å². The summed E-state index contributed by atoms with van der Waals surface area (Å²) in [5, 5.41) is 16.9. The number of methoxy groups -OCH3 is 1. The van der Waals surface area contributed by atoms with Gasteiger partial charge in [-0.2, -0.15) is 0 Å². The van der Waals surface area contributed by atoms with E-state index in [-0.39, 0.29) is 6.42 Å². The summed E-state index contributed by atoms with van der Waals surface area (Å²) < 4.78 is 4.60. The Morgan fingerprint density at radius 2 is 2.05 bits per heavy atom. The van der Waals surface area contributed by atoms with E-state index < -0.39 is 18.0 Å². The Balaban J connectivity index is 2.67. The van der Waals surface area contributed by atoms with Crippen molar-refractivity contribution in [2.45, 2.75) is 19.4 Å². The summed E-state index contributed by atoms with van der Waals surface area (Å²) in [5.74, 6) is -0.541. The van der Waals surface area contributed by atoms with E-state index in [1.165, 1.54) is 13.2 Å². The Labute approximate surface area is 128 Å². The minimum atomic E-state index is -0.787. The van der Waals surface area contributed by atoms with Crippen molar-refractivity contribution in [3.63, 3.8) is 0 Å². The number of ether oxygens (including phenoxy) is 1. The molecule has 0 aliphatic rings. The molecule has 0 aromatic heterocycles. The van der Waals surface area contributed by atoms with Gasteiger partial charge in [0.25, 0.3) is 0 Å². The molecule has 1 atom stereocenters. The Morgan fingerprint density at radius 1 is 1.41 bits per heavy atom. The van der Waals surface area contributed by atoms with Crippen LogP contribution in [0.25, 0.3) is 0 Å². The lowest BCUT2D eigenvalue weighted by Gasteiger charge is -2.15. The molecule has 22 heavy (non-hydrogen) atoms. The maximum absolute atomic E-state index is 11.9. The highest BCUT2D eigenvalue weighted by Gasteiger charge is 2.19. The fourth-order valence-corrected chi connectivity index (χ4v) is 1.70. The average molecular weight is 305 g/mol. The van der Waals surface area contributed by atoms with E-state index >= 15 is 0 Å². The van der Waals surface area contributed by atoms with Gasteiger partial charge in [0.1, 0.15) is 6.04 Å². The van der Waals surface area contributed by atoms with E-state index in [4.69, 9.17) is 5.21 Å². The standard InChI is InChI=1S/C15H19N3O4/c1-4-5-13(14(19)22-3)17-15(20)16-12-8-6-11(7-9-12)10(2)18-21/h4,6-9,13,21H,1,5H2,2-3H3,(H2,16,17,20)/b18-10+. The van der Waals surface area contributed by atoms with Crippen molar-refractivity contribution in [2.75, 3.05) is 12.4 Å². The van der Waals surface area contributed by atoms with Crippen LogP contribution in [0.1, 0.15) is 18.9 Å².